The molecule has 6 rings (SSSR count). The van der Waals surface area contributed by atoms with Gasteiger partial charge in [-0.3, -0.25) is 9.69 Å². The second kappa shape index (κ2) is 11.6. The summed E-state index contributed by atoms with van der Waals surface area (Å²) >= 11 is 3.52. The number of nitriles is 1. The predicted octanol–water partition coefficient (Wildman–Crippen LogP) is 5.67. The molecular weight excluding hydrogens is 587 g/mol. The van der Waals surface area contributed by atoms with Gasteiger partial charge < -0.3 is 14.3 Å². The molecule has 1 aliphatic heterocycles. The molecule has 0 bridgehead atoms. The van der Waals surface area contributed by atoms with Gasteiger partial charge in [-0.15, -0.1) is 0 Å². The molecule has 0 unspecified atom stereocenters. The number of carbonyl (C=O) groups excluding carboxylic acids is 1. The minimum atomic E-state index is -0.649. The van der Waals surface area contributed by atoms with Gasteiger partial charge >= 0.3 is 0 Å². The number of hydrogen-bond acceptors (Lipinski definition) is 5. The second-order valence-corrected chi connectivity index (χ2v) is 11.7. The van der Waals surface area contributed by atoms with E-state index in [9.17, 15) is 14.4 Å². The summed E-state index contributed by atoms with van der Waals surface area (Å²) in [5.74, 6) is -0.415. The Kier molecular flexibility index (Phi) is 7.73. The third-order valence-corrected chi connectivity index (χ3v) is 8.61. The van der Waals surface area contributed by atoms with Gasteiger partial charge in [0.2, 0.25) is 11.5 Å². The molecule has 1 aliphatic carbocycles. The van der Waals surface area contributed by atoms with Crippen molar-refractivity contribution in [2.24, 2.45) is 4.99 Å². The molecular formula is C31H30BrFN6O2. The lowest BCUT2D eigenvalue weighted by molar-refractivity contribution is 0.0995. The van der Waals surface area contributed by atoms with Crippen LogP contribution in [0, 0.1) is 17.1 Å². The molecule has 0 atom stereocenters. The van der Waals surface area contributed by atoms with Gasteiger partial charge in [0.1, 0.15) is 12.4 Å². The van der Waals surface area contributed by atoms with Crippen molar-refractivity contribution in [3.8, 4) is 11.9 Å². The van der Waals surface area contributed by atoms with Gasteiger partial charge in [-0.1, -0.05) is 34.5 Å². The van der Waals surface area contributed by atoms with E-state index in [-0.39, 0.29) is 11.6 Å². The molecule has 210 valence electrons. The fourth-order valence-electron chi connectivity index (χ4n) is 5.87. The normalized spacial score (nSPS) is 21.4. The van der Waals surface area contributed by atoms with Crippen LogP contribution < -0.4 is 10.4 Å². The molecule has 3 heterocycles. The highest BCUT2D eigenvalue weighted by atomic mass is 79.9. The number of H-pyrrole nitrogens is 1. The third-order valence-electron chi connectivity index (χ3n) is 8.12. The number of benzene rings is 2. The largest absolute Gasteiger partial charge is 0.476 e. The smallest absolute Gasteiger partial charge is 0.280 e. The summed E-state index contributed by atoms with van der Waals surface area (Å²) in [4.78, 5) is 27.6. The van der Waals surface area contributed by atoms with Crippen LogP contribution in [-0.4, -0.2) is 51.6 Å². The highest BCUT2D eigenvalue weighted by molar-refractivity contribution is 9.10. The number of hydrogen-bond donors (Lipinski definition) is 1. The van der Waals surface area contributed by atoms with Gasteiger partial charge in [-0.2, -0.15) is 10.3 Å². The Morgan fingerprint density at radius 2 is 1.95 bits per heavy atom. The van der Waals surface area contributed by atoms with Crippen LogP contribution in [0.5, 0.6) is 5.88 Å². The highest BCUT2D eigenvalue weighted by Gasteiger charge is 2.47. The topological polar surface area (TPSA) is 99.3 Å². The Morgan fingerprint density at radius 3 is 2.68 bits per heavy atom. The maximum Gasteiger partial charge on any atom is 0.280 e. The maximum atomic E-state index is 13.4. The highest BCUT2D eigenvalue weighted by Crippen LogP contribution is 2.50. The standard InChI is InChI=1S/C31H30BrFN6O2/c32-23-6-4-5-22(15-23)31(20-34)17-25(18-31)39-27-16-28(41-14-13-38-11-2-1-3-12-38)35-19-26(27)36-30(39)37-29(40)21-7-9-24(33)10-8-21/h4-10,15-16,19,25H,1-3,11-14,17-18H2,(H,36,37,40)/t25-,31+. The van der Waals surface area contributed by atoms with E-state index in [2.05, 4.69) is 41.9 Å². The fourth-order valence-corrected chi connectivity index (χ4v) is 6.27. The van der Waals surface area contributed by atoms with E-state index in [1.165, 1.54) is 43.5 Å². The van der Waals surface area contributed by atoms with Gasteiger partial charge in [-0.25, -0.2) is 9.37 Å². The molecule has 2 fully saturated rings. The zero-order valence-electron chi connectivity index (χ0n) is 22.5. The summed E-state index contributed by atoms with van der Waals surface area (Å²) < 4.78 is 22.4. The van der Waals surface area contributed by atoms with E-state index in [1.54, 1.807) is 6.20 Å². The van der Waals surface area contributed by atoms with Crippen molar-refractivity contribution in [2.75, 3.05) is 26.2 Å². The van der Waals surface area contributed by atoms with Crippen LogP contribution >= 0.6 is 15.9 Å². The lowest BCUT2D eigenvalue weighted by Gasteiger charge is -2.43. The van der Waals surface area contributed by atoms with E-state index >= 15 is 0 Å². The first-order chi connectivity index (χ1) is 19.9. The van der Waals surface area contributed by atoms with Crippen molar-refractivity contribution in [1.82, 2.24) is 19.4 Å². The molecule has 1 saturated heterocycles. The number of amides is 1. The quantitative estimate of drug-likeness (QED) is 0.288. The molecule has 0 radical (unpaired) electrons. The molecule has 1 amide bonds. The molecule has 0 spiro atoms. The summed E-state index contributed by atoms with van der Waals surface area (Å²) in [6, 6.07) is 17.5. The van der Waals surface area contributed by atoms with Gasteiger partial charge in [0.15, 0.2) is 0 Å². The van der Waals surface area contributed by atoms with Crippen molar-refractivity contribution in [3.05, 3.63) is 87.8 Å². The molecule has 2 aromatic carbocycles. The first-order valence-electron chi connectivity index (χ1n) is 13.9. The van der Waals surface area contributed by atoms with Crippen molar-refractivity contribution in [1.29, 1.82) is 5.26 Å². The van der Waals surface area contributed by atoms with Crippen LogP contribution in [0.2, 0.25) is 0 Å². The van der Waals surface area contributed by atoms with Crippen molar-refractivity contribution >= 4 is 32.9 Å². The number of likely N-dealkylation sites (tertiary alicyclic amines) is 1. The van der Waals surface area contributed by atoms with Crippen molar-refractivity contribution in [3.63, 3.8) is 0 Å². The summed E-state index contributed by atoms with van der Waals surface area (Å²) in [5.41, 5.74) is 2.44. The number of nitrogens with one attached hydrogen (secondary N) is 1. The first kappa shape index (κ1) is 27.4. The molecule has 10 heteroatoms. The summed E-state index contributed by atoms with van der Waals surface area (Å²) in [7, 11) is 0. The molecule has 41 heavy (non-hydrogen) atoms. The fraction of sp³-hybridized carbons (Fsp3) is 0.355. The van der Waals surface area contributed by atoms with Crippen molar-refractivity contribution < 1.29 is 13.9 Å². The second-order valence-electron chi connectivity index (χ2n) is 10.8. The van der Waals surface area contributed by atoms with E-state index in [4.69, 9.17) is 4.74 Å². The molecule has 8 nitrogen and oxygen atoms in total. The maximum absolute atomic E-state index is 13.4. The van der Waals surface area contributed by atoms with Gasteiger partial charge in [0.05, 0.1) is 28.7 Å². The first-order valence-corrected chi connectivity index (χ1v) is 14.7. The van der Waals surface area contributed by atoms with Gasteiger partial charge in [0.25, 0.3) is 5.91 Å². The van der Waals surface area contributed by atoms with Crippen LogP contribution in [-0.2, 0) is 5.41 Å². The third kappa shape index (κ3) is 5.69. The number of carbonyl (C=O) groups is 1. The zero-order valence-corrected chi connectivity index (χ0v) is 24.1. The number of pyridine rings is 1. The van der Waals surface area contributed by atoms with Crippen LogP contribution in [0.4, 0.5) is 4.39 Å². The van der Waals surface area contributed by atoms with E-state index in [0.717, 1.165) is 35.2 Å². The Labute approximate surface area is 245 Å². The molecule has 2 aliphatic rings. The van der Waals surface area contributed by atoms with E-state index < -0.39 is 17.1 Å². The SMILES string of the molecule is N#C[C@]1(c2cccc(Br)c2)C[C@@H](n2/c(=N/C(=O)c3ccc(F)cc3)[nH]c3cnc(OCCN4CCCCC4)cc32)C1. The summed E-state index contributed by atoms with van der Waals surface area (Å²) in [6.45, 7) is 3.58. The molecule has 1 N–H and O–H groups in total. The van der Waals surface area contributed by atoms with Crippen LogP contribution in [0.25, 0.3) is 11.0 Å². The summed E-state index contributed by atoms with van der Waals surface area (Å²) in [5, 5.41) is 10.2. The lowest BCUT2D eigenvalue weighted by Crippen LogP contribution is -2.44. The van der Waals surface area contributed by atoms with Crippen LogP contribution in [0.15, 0.2) is 70.3 Å². The Hall–Kier alpha value is -3.81. The van der Waals surface area contributed by atoms with Crippen LogP contribution in [0.1, 0.15) is 54.1 Å². The monoisotopic (exact) mass is 616 g/mol. The van der Waals surface area contributed by atoms with E-state index in [0.29, 0.717) is 36.5 Å². The number of imidazole rings is 1. The number of ether oxygens (including phenoxy) is 1. The van der Waals surface area contributed by atoms with Crippen LogP contribution in [0.3, 0.4) is 0 Å². The number of piperidine rings is 1. The van der Waals surface area contributed by atoms with Crippen molar-refractivity contribution in [2.45, 2.75) is 43.6 Å². The number of aromatic nitrogens is 3. The number of rotatable bonds is 7. The Balaban J connectivity index is 1.33. The minimum Gasteiger partial charge on any atom is -0.476 e. The average molecular weight is 618 g/mol. The Bertz CT molecular complexity index is 1680. The number of fused-ring (bicyclic) bond motifs is 1. The minimum absolute atomic E-state index is 0.0919. The summed E-state index contributed by atoms with van der Waals surface area (Å²) in [6.07, 6.45) is 6.53. The predicted molar refractivity (Wildman–Crippen MR) is 156 cm³/mol. The number of halogens is 2. The van der Waals surface area contributed by atoms with Gasteiger partial charge in [-0.05, 0) is 80.7 Å². The van der Waals surface area contributed by atoms with E-state index in [1.807, 2.05) is 34.9 Å². The average Bonchev–Trinajstić information content (AvgIpc) is 3.30. The molecule has 1 saturated carbocycles. The lowest BCUT2D eigenvalue weighted by atomic mass is 9.62. The zero-order chi connectivity index (χ0) is 28.4. The number of nitrogens with zero attached hydrogens (tertiary/aromatic N) is 5. The number of aromatic amines is 1. The van der Waals surface area contributed by atoms with Gasteiger partial charge in [0, 0.05) is 28.7 Å². The molecule has 4 aromatic rings. The Morgan fingerprint density at radius 1 is 1.17 bits per heavy atom. The molecule has 2 aromatic heterocycles.